The van der Waals surface area contributed by atoms with E-state index in [0.717, 1.165) is 10.7 Å². The van der Waals surface area contributed by atoms with Gasteiger partial charge < -0.3 is 10.6 Å². The molecule has 106 valence electrons. The van der Waals surface area contributed by atoms with Gasteiger partial charge in [-0.05, 0) is 30.2 Å². The maximum absolute atomic E-state index is 11.7. The number of anilines is 1. The first-order valence-electron chi connectivity index (χ1n) is 6.29. The largest absolute Gasteiger partial charge is 0.331 e. The third kappa shape index (κ3) is 4.21. The van der Waals surface area contributed by atoms with Gasteiger partial charge in [-0.25, -0.2) is 9.78 Å². The molecule has 1 aromatic heterocycles. The third-order valence-electron chi connectivity index (χ3n) is 2.66. The van der Waals surface area contributed by atoms with Crippen LogP contribution in [0.4, 0.5) is 10.5 Å². The van der Waals surface area contributed by atoms with Gasteiger partial charge in [0, 0.05) is 16.1 Å². The van der Waals surface area contributed by atoms with Gasteiger partial charge >= 0.3 is 6.03 Å². The Morgan fingerprint density at radius 1 is 1.35 bits per heavy atom. The molecular weight excluding hydrogens is 294 g/mol. The minimum atomic E-state index is -0.256. The van der Waals surface area contributed by atoms with Crippen LogP contribution in [0.3, 0.4) is 0 Å². The van der Waals surface area contributed by atoms with E-state index in [4.69, 9.17) is 11.6 Å². The molecule has 0 unspecified atom stereocenters. The number of carbonyl (C=O) groups is 1. The monoisotopic (exact) mass is 309 g/mol. The van der Waals surface area contributed by atoms with Crippen LogP contribution in [0.2, 0.25) is 5.02 Å². The molecule has 0 saturated heterocycles. The molecular formula is C14H16ClN3OS. The van der Waals surface area contributed by atoms with E-state index in [1.165, 1.54) is 0 Å². The van der Waals surface area contributed by atoms with Gasteiger partial charge in [-0.1, -0.05) is 25.4 Å². The summed E-state index contributed by atoms with van der Waals surface area (Å²) in [6.45, 7) is 4.62. The van der Waals surface area contributed by atoms with E-state index in [-0.39, 0.29) is 6.03 Å². The Bertz CT molecular complexity index is 580. The highest BCUT2D eigenvalue weighted by Crippen LogP contribution is 2.17. The lowest BCUT2D eigenvalue weighted by molar-refractivity contribution is 0.251. The number of amides is 2. The van der Waals surface area contributed by atoms with E-state index in [0.29, 0.717) is 23.2 Å². The average molecular weight is 310 g/mol. The third-order valence-corrected chi connectivity index (χ3v) is 3.78. The molecule has 0 aliphatic rings. The van der Waals surface area contributed by atoms with E-state index in [1.807, 2.05) is 5.38 Å². The number of halogens is 1. The summed E-state index contributed by atoms with van der Waals surface area (Å²) in [5, 5.41) is 9.08. The second-order valence-corrected chi connectivity index (χ2v) is 6.01. The zero-order valence-electron chi connectivity index (χ0n) is 11.3. The summed E-state index contributed by atoms with van der Waals surface area (Å²) in [5.41, 5.74) is 1.76. The van der Waals surface area contributed by atoms with E-state index >= 15 is 0 Å². The first-order chi connectivity index (χ1) is 9.54. The topological polar surface area (TPSA) is 54.0 Å². The van der Waals surface area contributed by atoms with Crippen molar-refractivity contribution in [2.45, 2.75) is 26.3 Å². The number of nitrogens with zero attached hydrogens (tertiary/aromatic N) is 1. The highest BCUT2D eigenvalue weighted by atomic mass is 35.5. The summed E-state index contributed by atoms with van der Waals surface area (Å²) in [6.07, 6.45) is 0. The first kappa shape index (κ1) is 14.8. The van der Waals surface area contributed by atoms with Gasteiger partial charge in [0.1, 0.15) is 5.01 Å². The summed E-state index contributed by atoms with van der Waals surface area (Å²) in [5.74, 6) is 0.405. The summed E-state index contributed by atoms with van der Waals surface area (Å²) in [4.78, 5) is 16.2. The Kier molecular flexibility index (Phi) is 4.98. The van der Waals surface area contributed by atoms with Crippen LogP contribution in [0.5, 0.6) is 0 Å². The van der Waals surface area contributed by atoms with Crippen LogP contribution in [0.1, 0.15) is 30.5 Å². The zero-order valence-corrected chi connectivity index (χ0v) is 12.9. The smallest absolute Gasteiger partial charge is 0.319 e. The maximum Gasteiger partial charge on any atom is 0.319 e. The van der Waals surface area contributed by atoms with E-state index < -0.39 is 0 Å². The normalized spacial score (nSPS) is 10.6. The Hall–Kier alpha value is -1.59. The van der Waals surface area contributed by atoms with Crippen molar-refractivity contribution in [2.75, 3.05) is 5.32 Å². The molecule has 4 nitrogen and oxygen atoms in total. The lowest BCUT2D eigenvalue weighted by Gasteiger charge is -2.06. The summed E-state index contributed by atoms with van der Waals surface area (Å²) >= 11 is 7.34. The second-order valence-electron chi connectivity index (χ2n) is 4.64. The molecule has 0 saturated carbocycles. The van der Waals surface area contributed by atoms with Gasteiger partial charge in [-0.2, -0.15) is 0 Å². The molecule has 0 radical (unpaired) electrons. The van der Waals surface area contributed by atoms with Gasteiger partial charge in [0.2, 0.25) is 0 Å². The van der Waals surface area contributed by atoms with Crippen LogP contribution >= 0.6 is 22.9 Å². The molecule has 6 heteroatoms. The number of urea groups is 1. The average Bonchev–Trinajstić information content (AvgIpc) is 2.88. The molecule has 0 bridgehead atoms. The predicted octanol–water partition coefficient (Wildman–Crippen LogP) is 4.24. The van der Waals surface area contributed by atoms with Crippen LogP contribution in [0.25, 0.3) is 0 Å². The van der Waals surface area contributed by atoms with Crippen LogP contribution in [0, 0.1) is 0 Å². The lowest BCUT2D eigenvalue weighted by atomic mass is 10.2. The van der Waals surface area contributed by atoms with Crippen molar-refractivity contribution in [1.29, 1.82) is 0 Å². The fourth-order valence-corrected chi connectivity index (χ4v) is 2.56. The number of carbonyl (C=O) groups excluding carboxylic acids is 1. The Balaban J connectivity index is 1.84. The SMILES string of the molecule is CC(C)c1csc(CNC(=O)Nc2ccc(Cl)cc2)n1. The lowest BCUT2D eigenvalue weighted by Crippen LogP contribution is -2.28. The van der Waals surface area contributed by atoms with Crippen LogP contribution < -0.4 is 10.6 Å². The van der Waals surface area contributed by atoms with Crippen LogP contribution in [0.15, 0.2) is 29.6 Å². The summed E-state index contributed by atoms with van der Waals surface area (Å²) < 4.78 is 0. The standard InChI is InChI=1S/C14H16ClN3OS/c1-9(2)12-8-20-13(18-12)7-16-14(19)17-11-5-3-10(15)4-6-11/h3-6,8-9H,7H2,1-2H3,(H2,16,17,19). The van der Waals surface area contributed by atoms with Crippen molar-refractivity contribution in [1.82, 2.24) is 10.3 Å². The molecule has 2 rings (SSSR count). The molecule has 0 fully saturated rings. The zero-order chi connectivity index (χ0) is 14.5. The minimum Gasteiger partial charge on any atom is -0.331 e. The van der Waals surface area contributed by atoms with Crippen molar-refractivity contribution < 1.29 is 4.79 Å². The number of benzene rings is 1. The van der Waals surface area contributed by atoms with Crippen LogP contribution in [-0.2, 0) is 6.54 Å². The van der Waals surface area contributed by atoms with E-state index in [2.05, 4.69) is 29.5 Å². The minimum absolute atomic E-state index is 0.256. The predicted molar refractivity (Wildman–Crippen MR) is 83.5 cm³/mol. The van der Waals surface area contributed by atoms with Crippen molar-refractivity contribution in [2.24, 2.45) is 0 Å². The Morgan fingerprint density at radius 2 is 2.05 bits per heavy atom. The molecule has 2 aromatic rings. The molecule has 0 aliphatic carbocycles. The van der Waals surface area contributed by atoms with Crippen molar-refractivity contribution in [3.05, 3.63) is 45.4 Å². The molecule has 20 heavy (non-hydrogen) atoms. The molecule has 1 heterocycles. The fraction of sp³-hybridized carbons (Fsp3) is 0.286. The van der Waals surface area contributed by atoms with Crippen molar-refractivity contribution in [3.63, 3.8) is 0 Å². The maximum atomic E-state index is 11.7. The highest BCUT2D eigenvalue weighted by Gasteiger charge is 2.07. The quantitative estimate of drug-likeness (QED) is 0.887. The number of nitrogens with one attached hydrogen (secondary N) is 2. The van der Waals surface area contributed by atoms with E-state index in [9.17, 15) is 4.79 Å². The first-order valence-corrected chi connectivity index (χ1v) is 7.55. The number of thiazole rings is 1. The highest BCUT2D eigenvalue weighted by molar-refractivity contribution is 7.09. The van der Waals surface area contributed by atoms with Gasteiger partial charge in [-0.15, -0.1) is 11.3 Å². The van der Waals surface area contributed by atoms with Crippen LogP contribution in [-0.4, -0.2) is 11.0 Å². The van der Waals surface area contributed by atoms with Gasteiger partial charge in [-0.3, -0.25) is 0 Å². The van der Waals surface area contributed by atoms with Gasteiger partial charge in [0.05, 0.1) is 12.2 Å². The molecule has 0 atom stereocenters. The number of aromatic nitrogens is 1. The second kappa shape index (κ2) is 6.72. The molecule has 1 aromatic carbocycles. The Morgan fingerprint density at radius 3 is 2.65 bits per heavy atom. The molecule has 0 spiro atoms. The summed E-state index contributed by atoms with van der Waals surface area (Å²) in [7, 11) is 0. The van der Waals surface area contributed by atoms with Crippen molar-refractivity contribution in [3.8, 4) is 0 Å². The number of hydrogen-bond donors (Lipinski definition) is 2. The van der Waals surface area contributed by atoms with Crippen molar-refractivity contribution >= 4 is 34.7 Å². The fourth-order valence-electron chi connectivity index (χ4n) is 1.54. The van der Waals surface area contributed by atoms with Gasteiger partial charge in [0.25, 0.3) is 0 Å². The van der Waals surface area contributed by atoms with Gasteiger partial charge in [0.15, 0.2) is 0 Å². The molecule has 2 amide bonds. The molecule has 2 N–H and O–H groups in total. The Labute approximate surface area is 127 Å². The molecule has 0 aliphatic heterocycles. The summed E-state index contributed by atoms with van der Waals surface area (Å²) in [6, 6.07) is 6.71. The number of rotatable bonds is 4. The van der Waals surface area contributed by atoms with E-state index in [1.54, 1.807) is 35.6 Å². The number of hydrogen-bond acceptors (Lipinski definition) is 3.